The maximum Gasteiger partial charge on any atom is 0.379 e. The van der Waals surface area contributed by atoms with Gasteiger partial charge in [-0.1, -0.05) is 11.3 Å². The molecule has 13 heavy (non-hydrogen) atoms. The zero-order valence-corrected chi connectivity index (χ0v) is 7.84. The molecule has 1 N–H and O–H groups in total. The van der Waals surface area contributed by atoms with Gasteiger partial charge in [-0.05, 0) is 16.8 Å². The summed E-state index contributed by atoms with van der Waals surface area (Å²) in [6.45, 7) is 2.91. The van der Waals surface area contributed by atoms with Crippen LogP contribution in [0.1, 0.15) is 11.8 Å². The van der Waals surface area contributed by atoms with Crippen molar-refractivity contribution in [2.75, 3.05) is 5.32 Å². The van der Waals surface area contributed by atoms with E-state index in [2.05, 4.69) is 10.3 Å². The second kappa shape index (κ2) is 3.48. The third kappa shape index (κ3) is 2.22. The Morgan fingerprint density at radius 3 is 2.69 bits per heavy atom. The first-order valence-corrected chi connectivity index (χ1v) is 4.21. The maximum atomic E-state index is 10.6. The van der Waals surface area contributed by atoms with Crippen molar-refractivity contribution in [3.05, 3.63) is 15.0 Å². The molecule has 1 aromatic rings. The first-order valence-electron chi connectivity index (χ1n) is 3.40. The van der Waals surface area contributed by atoms with E-state index in [0.29, 0.717) is 4.88 Å². The van der Waals surface area contributed by atoms with Gasteiger partial charge in [0.2, 0.25) is 5.91 Å². The minimum Gasteiger partial charge on any atom is -0.358 e. The molecular formula is C6H7N3O3S. The second-order valence-electron chi connectivity index (χ2n) is 2.34. The molecular weight excluding hydrogens is 194 g/mol. The molecule has 0 radical (unpaired) electrons. The van der Waals surface area contributed by atoms with E-state index >= 15 is 0 Å². The number of hydrogen-bond donors (Lipinski definition) is 1. The Morgan fingerprint density at radius 2 is 2.31 bits per heavy atom. The van der Waals surface area contributed by atoms with Crippen LogP contribution in [0.25, 0.3) is 0 Å². The summed E-state index contributed by atoms with van der Waals surface area (Å²) in [6.07, 6.45) is 0. The van der Waals surface area contributed by atoms with Gasteiger partial charge in [0.15, 0.2) is 0 Å². The number of thiazole rings is 1. The van der Waals surface area contributed by atoms with Gasteiger partial charge in [-0.25, -0.2) is 0 Å². The van der Waals surface area contributed by atoms with Crippen LogP contribution in [0.15, 0.2) is 0 Å². The Hall–Kier alpha value is -1.50. The van der Waals surface area contributed by atoms with E-state index in [0.717, 1.165) is 11.3 Å². The molecule has 1 amide bonds. The molecule has 6 nitrogen and oxygen atoms in total. The molecule has 1 heterocycles. The quantitative estimate of drug-likeness (QED) is 0.577. The molecule has 1 aromatic heterocycles. The molecule has 0 saturated heterocycles. The molecule has 0 atom stereocenters. The fourth-order valence-corrected chi connectivity index (χ4v) is 1.59. The molecule has 0 bridgehead atoms. The summed E-state index contributed by atoms with van der Waals surface area (Å²) in [5.41, 5.74) is 0. The highest BCUT2D eigenvalue weighted by Gasteiger charge is 2.19. The molecule has 0 aliphatic heterocycles. The molecule has 7 heteroatoms. The zero-order chi connectivity index (χ0) is 10.0. The number of rotatable bonds is 2. The van der Waals surface area contributed by atoms with Crippen molar-refractivity contribution in [1.29, 1.82) is 0 Å². The first-order chi connectivity index (χ1) is 6.00. The Bertz CT molecular complexity index is 360. The van der Waals surface area contributed by atoms with Crippen molar-refractivity contribution < 1.29 is 9.72 Å². The first kappa shape index (κ1) is 9.59. The van der Waals surface area contributed by atoms with Crippen LogP contribution in [-0.4, -0.2) is 15.8 Å². The molecule has 0 aliphatic rings. The summed E-state index contributed by atoms with van der Waals surface area (Å²) in [4.78, 5) is 24.5. The topological polar surface area (TPSA) is 85.1 Å². The number of amides is 1. The van der Waals surface area contributed by atoms with Crippen LogP contribution < -0.4 is 5.32 Å². The smallest absolute Gasteiger partial charge is 0.358 e. The molecule has 0 spiro atoms. The molecule has 0 unspecified atom stereocenters. The van der Waals surface area contributed by atoms with Crippen LogP contribution in [0.4, 0.5) is 10.9 Å². The number of nitro groups is 1. The van der Waals surface area contributed by atoms with E-state index in [9.17, 15) is 14.9 Å². The largest absolute Gasteiger partial charge is 0.379 e. The van der Waals surface area contributed by atoms with Gasteiger partial charge in [-0.15, -0.1) is 0 Å². The summed E-state index contributed by atoms with van der Waals surface area (Å²) in [5, 5.41) is 13.0. The van der Waals surface area contributed by atoms with E-state index in [4.69, 9.17) is 0 Å². The molecule has 0 fully saturated rings. The van der Waals surface area contributed by atoms with E-state index in [1.54, 1.807) is 6.92 Å². The number of aryl methyl sites for hydroxylation is 1. The second-order valence-corrected chi connectivity index (χ2v) is 3.54. The number of carbonyl (C=O) groups is 1. The predicted molar refractivity (Wildman–Crippen MR) is 47.8 cm³/mol. The van der Waals surface area contributed by atoms with E-state index in [-0.39, 0.29) is 16.9 Å². The lowest BCUT2D eigenvalue weighted by molar-refractivity contribution is -0.389. The van der Waals surface area contributed by atoms with Crippen LogP contribution in [0, 0.1) is 17.0 Å². The molecule has 0 saturated carbocycles. The van der Waals surface area contributed by atoms with Crippen molar-refractivity contribution in [2.24, 2.45) is 0 Å². The molecule has 0 aromatic carbocycles. The SMILES string of the molecule is CC(=O)Nc1nc([N+](=O)[O-])c(C)s1. The fourth-order valence-electron chi connectivity index (χ4n) is 0.762. The summed E-state index contributed by atoms with van der Waals surface area (Å²) in [7, 11) is 0. The third-order valence-electron chi connectivity index (χ3n) is 1.23. The summed E-state index contributed by atoms with van der Waals surface area (Å²) in [5.74, 6) is -0.489. The van der Waals surface area contributed by atoms with Crippen molar-refractivity contribution in [1.82, 2.24) is 4.98 Å². The van der Waals surface area contributed by atoms with Crippen molar-refractivity contribution in [3.8, 4) is 0 Å². The molecule has 0 aliphatic carbocycles. The van der Waals surface area contributed by atoms with E-state index < -0.39 is 4.92 Å². The highest BCUT2D eigenvalue weighted by atomic mass is 32.1. The normalized spacial score (nSPS) is 9.69. The van der Waals surface area contributed by atoms with Crippen LogP contribution in [-0.2, 0) is 4.79 Å². The van der Waals surface area contributed by atoms with E-state index in [1.165, 1.54) is 6.92 Å². The predicted octanol–water partition coefficient (Wildman–Crippen LogP) is 1.32. The summed E-state index contributed by atoms with van der Waals surface area (Å²) >= 11 is 1.09. The van der Waals surface area contributed by atoms with Gasteiger partial charge >= 0.3 is 10.9 Å². The number of aromatic nitrogens is 1. The standard InChI is InChI=1S/C6H7N3O3S/c1-3-5(9(11)12)8-6(13-3)7-4(2)10/h1-2H3,(H,7,8,10). The highest BCUT2D eigenvalue weighted by molar-refractivity contribution is 7.16. The van der Waals surface area contributed by atoms with Gasteiger partial charge in [0, 0.05) is 6.92 Å². The van der Waals surface area contributed by atoms with Crippen molar-refractivity contribution >= 4 is 28.2 Å². The lowest BCUT2D eigenvalue weighted by Crippen LogP contribution is -2.05. The number of anilines is 1. The highest BCUT2D eigenvalue weighted by Crippen LogP contribution is 2.27. The monoisotopic (exact) mass is 201 g/mol. The minimum atomic E-state index is -0.572. The number of carbonyl (C=O) groups excluding carboxylic acids is 1. The third-order valence-corrected chi connectivity index (χ3v) is 2.10. The number of nitrogens with one attached hydrogen (secondary N) is 1. The fraction of sp³-hybridized carbons (Fsp3) is 0.333. The van der Waals surface area contributed by atoms with Gasteiger partial charge < -0.3 is 10.1 Å². The Balaban J connectivity index is 2.95. The van der Waals surface area contributed by atoms with Crippen molar-refractivity contribution in [2.45, 2.75) is 13.8 Å². The minimum absolute atomic E-state index is 0.200. The average molecular weight is 201 g/mol. The van der Waals surface area contributed by atoms with Gasteiger partial charge in [0.1, 0.15) is 4.88 Å². The van der Waals surface area contributed by atoms with E-state index in [1.807, 2.05) is 0 Å². The van der Waals surface area contributed by atoms with Gasteiger partial charge in [-0.3, -0.25) is 10.1 Å². The summed E-state index contributed by atoms with van der Waals surface area (Å²) < 4.78 is 0. The van der Waals surface area contributed by atoms with Gasteiger partial charge in [0.25, 0.3) is 0 Å². The number of nitrogens with zero attached hydrogens (tertiary/aromatic N) is 2. The van der Waals surface area contributed by atoms with Gasteiger partial charge in [-0.2, -0.15) is 0 Å². The lowest BCUT2D eigenvalue weighted by atomic mass is 10.6. The average Bonchev–Trinajstić information content (AvgIpc) is 2.29. The Labute approximate surface area is 77.8 Å². The van der Waals surface area contributed by atoms with Crippen LogP contribution in [0.5, 0.6) is 0 Å². The van der Waals surface area contributed by atoms with Crippen LogP contribution >= 0.6 is 11.3 Å². The Morgan fingerprint density at radius 1 is 1.69 bits per heavy atom. The maximum absolute atomic E-state index is 10.6. The van der Waals surface area contributed by atoms with Crippen LogP contribution in [0.3, 0.4) is 0 Å². The number of hydrogen-bond acceptors (Lipinski definition) is 5. The molecule has 70 valence electrons. The zero-order valence-electron chi connectivity index (χ0n) is 7.03. The van der Waals surface area contributed by atoms with Crippen molar-refractivity contribution in [3.63, 3.8) is 0 Å². The molecule has 1 rings (SSSR count). The van der Waals surface area contributed by atoms with Crippen LogP contribution in [0.2, 0.25) is 0 Å². The summed E-state index contributed by atoms with van der Waals surface area (Å²) in [6, 6.07) is 0. The van der Waals surface area contributed by atoms with Gasteiger partial charge in [0.05, 0.1) is 0 Å². The lowest BCUT2D eigenvalue weighted by Gasteiger charge is -1.87. The Kier molecular flexibility index (Phi) is 2.57.